The number of fused-ring (bicyclic) bond motifs is 1. The van der Waals surface area contributed by atoms with Gasteiger partial charge in [-0.05, 0) is 90.8 Å². The van der Waals surface area contributed by atoms with Gasteiger partial charge in [0.25, 0.3) is 0 Å². The van der Waals surface area contributed by atoms with Crippen LogP contribution in [-0.2, 0) is 16.0 Å². The number of thioether (sulfide) groups is 1. The summed E-state index contributed by atoms with van der Waals surface area (Å²) in [6, 6.07) is 27.0. The van der Waals surface area contributed by atoms with E-state index < -0.39 is 6.10 Å². The van der Waals surface area contributed by atoms with Crippen LogP contribution in [0.2, 0.25) is 5.02 Å². The normalized spacial score (nSPS) is 15.5. The van der Waals surface area contributed by atoms with E-state index in [1.54, 1.807) is 0 Å². The molecule has 1 saturated carbocycles. The molecule has 1 aliphatic carbocycles. The third kappa shape index (κ3) is 8.03. The number of aliphatic hydroxyl groups excluding tert-OH is 1. The van der Waals surface area contributed by atoms with Gasteiger partial charge in [-0.25, -0.2) is 4.98 Å². The average Bonchev–Trinajstić information content (AvgIpc) is 3.83. The average molecular weight is 600 g/mol. The van der Waals surface area contributed by atoms with Gasteiger partial charge >= 0.3 is 5.97 Å². The minimum atomic E-state index is -0.417. The summed E-state index contributed by atoms with van der Waals surface area (Å²) in [5.41, 5.74) is 6.52. The molecule has 4 nitrogen and oxygen atoms in total. The number of halogens is 1. The van der Waals surface area contributed by atoms with Crippen molar-refractivity contribution in [1.29, 1.82) is 0 Å². The van der Waals surface area contributed by atoms with Crippen molar-refractivity contribution >= 4 is 52.4 Å². The number of carbonyl (C=O) groups is 1. The lowest BCUT2D eigenvalue weighted by Crippen LogP contribution is -2.21. The van der Waals surface area contributed by atoms with E-state index in [1.165, 1.54) is 23.8 Å². The summed E-state index contributed by atoms with van der Waals surface area (Å²) in [6.07, 6.45) is 7.52. The molecule has 1 aliphatic rings. The first-order chi connectivity index (χ1) is 20.4. The van der Waals surface area contributed by atoms with Crippen molar-refractivity contribution in [3.63, 3.8) is 0 Å². The number of nitrogens with zero attached hydrogens (tertiary/aromatic N) is 1. The van der Waals surface area contributed by atoms with E-state index >= 15 is 0 Å². The number of pyridine rings is 1. The molecule has 0 aliphatic heterocycles. The van der Waals surface area contributed by atoms with Gasteiger partial charge in [-0.2, -0.15) is 11.8 Å². The Morgan fingerprint density at radius 3 is 2.67 bits per heavy atom. The number of carbonyl (C=O) groups excluding carboxylic acids is 1. The van der Waals surface area contributed by atoms with Crippen LogP contribution in [-0.4, -0.2) is 40.8 Å². The Morgan fingerprint density at radius 1 is 1.07 bits per heavy atom. The first-order valence-corrected chi connectivity index (χ1v) is 16.2. The van der Waals surface area contributed by atoms with Crippen LogP contribution in [0.4, 0.5) is 0 Å². The molecule has 0 amide bonds. The maximum Gasteiger partial charge on any atom is 0.309 e. The Balaban J connectivity index is 1.37. The number of rotatable bonds is 13. The van der Waals surface area contributed by atoms with Gasteiger partial charge in [0.15, 0.2) is 0 Å². The highest BCUT2D eigenvalue weighted by Crippen LogP contribution is 2.40. The second kappa shape index (κ2) is 14.4. The molecule has 42 heavy (non-hydrogen) atoms. The molecule has 0 radical (unpaired) electrons. The van der Waals surface area contributed by atoms with E-state index in [0.717, 1.165) is 52.9 Å². The smallest absolute Gasteiger partial charge is 0.309 e. The number of hydrogen-bond acceptors (Lipinski definition) is 5. The third-order valence-electron chi connectivity index (χ3n) is 7.92. The maximum atomic E-state index is 12.3. The van der Waals surface area contributed by atoms with Gasteiger partial charge in [-0.3, -0.25) is 4.79 Å². The van der Waals surface area contributed by atoms with E-state index in [4.69, 9.17) is 21.3 Å². The molecule has 3 aromatic carbocycles. The number of esters is 1. The first kappa shape index (κ1) is 30.3. The van der Waals surface area contributed by atoms with E-state index in [0.29, 0.717) is 17.4 Å². The summed E-state index contributed by atoms with van der Waals surface area (Å²) in [7, 11) is 1.49. The number of benzene rings is 3. The van der Waals surface area contributed by atoms with Crippen LogP contribution in [0.25, 0.3) is 23.1 Å². The van der Waals surface area contributed by atoms with Gasteiger partial charge < -0.3 is 9.84 Å². The van der Waals surface area contributed by atoms with Gasteiger partial charge in [-0.1, -0.05) is 78.3 Å². The summed E-state index contributed by atoms with van der Waals surface area (Å²) in [6.45, 7) is 1.84. The molecule has 4 aromatic rings. The summed E-state index contributed by atoms with van der Waals surface area (Å²) in [4.78, 5) is 17.1. The van der Waals surface area contributed by atoms with Crippen LogP contribution in [0.3, 0.4) is 0 Å². The third-order valence-corrected chi connectivity index (χ3v) is 9.28. The molecule has 3 unspecified atom stereocenters. The Hall–Kier alpha value is -3.12. The van der Waals surface area contributed by atoms with E-state index in [9.17, 15) is 9.90 Å². The molecular weight excluding hydrogens is 562 g/mol. The predicted molar refractivity (Wildman–Crippen MR) is 176 cm³/mol. The fraction of sp³-hybridized carbons (Fsp3) is 0.333. The summed E-state index contributed by atoms with van der Waals surface area (Å²) < 4.78 is 5.08. The van der Waals surface area contributed by atoms with Gasteiger partial charge in [0, 0.05) is 22.1 Å². The predicted octanol–water partition coefficient (Wildman–Crippen LogP) is 8.44. The van der Waals surface area contributed by atoms with Crippen LogP contribution in [0, 0.1) is 11.8 Å². The highest BCUT2D eigenvalue weighted by atomic mass is 35.5. The number of aromatic nitrogens is 1. The monoisotopic (exact) mass is 599 g/mol. The zero-order chi connectivity index (χ0) is 29.5. The zero-order valence-electron chi connectivity index (χ0n) is 24.2. The van der Waals surface area contributed by atoms with Crippen molar-refractivity contribution in [2.45, 2.75) is 44.6 Å². The lowest BCUT2D eigenvalue weighted by molar-refractivity contribution is -0.145. The van der Waals surface area contributed by atoms with E-state index in [1.807, 2.05) is 55.1 Å². The minimum absolute atomic E-state index is 0.00539. The molecule has 218 valence electrons. The molecule has 0 spiro atoms. The lowest BCUT2D eigenvalue weighted by Gasteiger charge is -2.23. The van der Waals surface area contributed by atoms with Gasteiger partial charge in [0.2, 0.25) is 0 Å². The van der Waals surface area contributed by atoms with Gasteiger partial charge in [0.05, 0.1) is 30.3 Å². The first-order valence-electron chi connectivity index (χ1n) is 14.7. The molecule has 6 heteroatoms. The van der Waals surface area contributed by atoms with Crippen LogP contribution in [0.15, 0.2) is 78.9 Å². The van der Waals surface area contributed by atoms with E-state index in [-0.39, 0.29) is 17.8 Å². The molecule has 3 atom stereocenters. The molecule has 1 N–H and O–H groups in total. The van der Waals surface area contributed by atoms with Crippen molar-refractivity contribution in [3.05, 3.63) is 112 Å². The van der Waals surface area contributed by atoms with E-state index in [2.05, 4.69) is 54.6 Å². The molecule has 0 saturated heterocycles. The summed E-state index contributed by atoms with van der Waals surface area (Å²) in [5.74, 6) is 2.29. The fourth-order valence-electron chi connectivity index (χ4n) is 5.60. The SMILES string of the molecule is COC(=O)C(CSCCC(c1cccc(/C=C/c2ccc3ccc(Cl)cc3n2)c1)c1ccccc1CC(C)O)C1CC1. The lowest BCUT2D eigenvalue weighted by atomic mass is 9.84. The zero-order valence-corrected chi connectivity index (χ0v) is 25.8. The van der Waals surface area contributed by atoms with Crippen molar-refractivity contribution in [2.24, 2.45) is 11.8 Å². The molecular formula is C36H38ClNO3S. The molecule has 1 fully saturated rings. The number of ether oxygens (including phenoxy) is 1. The topological polar surface area (TPSA) is 59.4 Å². The number of aliphatic hydroxyl groups is 1. The number of methoxy groups -OCH3 is 1. The van der Waals surface area contributed by atoms with Crippen LogP contribution in [0.1, 0.15) is 60.1 Å². The fourth-order valence-corrected chi connectivity index (χ4v) is 7.00. The second-order valence-corrected chi connectivity index (χ2v) is 12.8. The summed E-state index contributed by atoms with van der Waals surface area (Å²) >= 11 is 8.03. The van der Waals surface area contributed by atoms with Crippen molar-refractivity contribution in [1.82, 2.24) is 4.98 Å². The summed E-state index contributed by atoms with van der Waals surface area (Å²) in [5, 5.41) is 12.0. The Kier molecular flexibility index (Phi) is 10.4. The van der Waals surface area contributed by atoms with Crippen LogP contribution in [0.5, 0.6) is 0 Å². The van der Waals surface area contributed by atoms with Crippen molar-refractivity contribution < 1.29 is 14.6 Å². The van der Waals surface area contributed by atoms with Crippen LogP contribution < -0.4 is 0 Å². The Morgan fingerprint density at radius 2 is 1.88 bits per heavy atom. The Labute approximate surface area is 258 Å². The largest absolute Gasteiger partial charge is 0.469 e. The quantitative estimate of drug-likeness (QED) is 0.123. The van der Waals surface area contributed by atoms with Gasteiger partial charge in [0.1, 0.15) is 0 Å². The van der Waals surface area contributed by atoms with Crippen molar-refractivity contribution in [2.75, 3.05) is 18.6 Å². The highest BCUT2D eigenvalue weighted by molar-refractivity contribution is 7.99. The standard InChI is InChI=1S/C36H38ClNO3S/c1-24(39)20-28-7-3-4-9-32(28)33(18-19-42-23-34(26-11-12-26)36(40)41-2)29-8-5-6-25(21-29)10-16-31-17-14-27-13-15-30(37)22-35(27)38-31/h3-10,13-17,21-22,24,26,33-34,39H,11-12,18-20,23H2,1-2H3/b16-10+. The van der Waals surface area contributed by atoms with Crippen molar-refractivity contribution in [3.8, 4) is 0 Å². The van der Waals surface area contributed by atoms with Crippen LogP contribution >= 0.6 is 23.4 Å². The molecule has 0 bridgehead atoms. The number of hydrogen-bond donors (Lipinski definition) is 1. The second-order valence-electron chi connectivity index (χ2n) is 11.2. The highest BCUT2D eigenvalue weighted by Gasteiger charge is 2.36. The minimum Gasteiger partial charge on any atom is -0.469 e. The molecule has 1 aromatic heterocycles. The molecule has 1 heterocycles. The van der Waals surface area contributed by atoms with Gasteiger partial charge in [-0.15, -0.1) is 0 Å². The molecule has 5 rings (SSSR count). The Bertz CT molecular complexity index is 1550. The maximum absolute atomic E-state index is 12.3.